The van der Waals surface area contributed by atoms with Crippen molar-refractivity contribution in [2.24, 2.45) is 5.92 Å². The normalized spacial score (nSPS) is 21.0. The van der Waals surface area contributed by atoms with Crippen molar-refractivity contribution in [2.45, 2.75) is 40.5 Å². The zero-order valence-electron chi connectivity index (χ0n) is 19.0. The monoisotopic (exact) mass is 418 g/mol. The number of carbonyl (C=O) groups excluding carboxylic acids is 3. The molecule has 1 aliphatic rings. The fourth-order valence-electron chi connectivity index (χ4n) is 4.46. The zero-order chi connectivity index (χ0) is 22.3. The molecule has 1 fully saturated rings. The number of ether oxygens (including phenoxy) is 1. The molecule has 2 atom stereocenters. The largest absolute Gasteiger partial charge is 0.465 e. The SMILES string of the molecule is CCN(CC)C(=O)C1CCC[N+](CC)(CC(=O)Nc2c(C)cccc2C(=O)OC)C1. The minimum absolute atomic E-state index is 0.0458. The molecule has 1 aromatic rings. The molecule has 1 heterocycles. The van der Waals surface area contributed by atoms with Crippen molar-refractivity contribution in [3.8, 4) is 0 Å². The van der Waals surface area contributed by atoms with Gasteiger partial charge in [0.05, 0.1) is 43.9 Å². The van der Waals surface area contributed by atoms with Gasteiger partial charge in [-0.05, 0) is 52.2 Å². The molecular weight excluding hydrogens is 382 g/mol. The van der Waals surface area contributed by atoms with E-state index in [0.717, 1.165) is 31.5 Å². The molecule has 1 saturated heterocycles. The van der Waals surface area contributed by atoms with Crippen LogP contribution in [0.2, 0.25) is 0 Å². The summed E-state index contributed by atoms with van der Waals surface area (Å²) in [4.78, 5) is 39.9. The van der Waals surface area contributed by atoms with Gasteiger partial charge in [-0.25, -0.2) is 4.79 Å². The molecule has 0 radical (unpaired) electrons. The third-order valence-corrected chi connectivity index (χ3v) is 6.31. The smallest absolute Gasteiger partial charge is 0.339 e. The van der Waals surface area contributed by atoms with E-state index in [4.69, 9.17) is 4.74 Å². The second-order valence-electron chi connectivity index (χ2n) is 8.11. The molecule has 1 N–H and O–H groups in total. The van der Waals surface area contributed by atoms with Gasteiger partial charge in [0.2, 0.25) is 5.91 Å². The summed E-state index contributed by atoms with van der Waals surface area (Å²) in [5, 5.41) is 2.94. The summed E-state index contributed by atoms with van der Waals surface area (Å²) in [6.07, 6.45) is 1.80. The van der Waals surface area contributed by atoms with E-state index in [2.05, 4.69) is 12.2 Å². The van der Waals surface area contributed by atoms with Gasteiger partial charge in [0, 0.05) is 13.1 Å². The first-order valence-electron chi connectivity index (χ1n) is 10.9. The number of esters is 1. The van der Waals surface area contributed by atoms with E-state index in [9.17, 15) is 14.4 Å². The molecule has 7 heteroatoms. The van der Waals surface area contributed by atoms with Crippen LogP contribution in [0, 0.1) is 12.8 Å². The van der Waals surface area contributed by atoms with Gasteiger partial charge in [-0.3, -0.25) is 9.59 Å². The van der Waals surface area contributed by atoms with E-state index in [-0.39, 0.29) is 24.3 Å². The third kappa shape index (κ3) is 5.39. The first kappa shape index (κ1) is 23.9. The number of carbonyl (C=O) groups is 3. The Hall–Kier alpha value is -2.41. The highest BCUT2D eigenvalue weighted by Crippen LogP contribution is 2.26. The number of nitrogens with zero attached hydrogens (tertiary/aromatic N) is 2. The van der Waals surface area contributed by atoms with E-state index in [0.29, 0.717) is 35.4 Å². The molecular formula is C23H36N3O4+. The number of quaternary nitrogens is 1. The molecule has 7 nitrogen and oxygen atoms in total. The Labute approximate surface area is 180 Å². The number of anilines is 1. The quantitative estimate of drug-likeness (QED) is 0.520. The average Bonchev–Trinajstić information content (AvgIpc) is 2.75. The number of amides is 2. The molecule has 2 unspecified atom stereocenters. The maximum atomic E-state index is 13.0. The summed E-state index contributed by atoms with van der Waals surface area (Å²) in [6.45, 7) is 12.0. The number of hydrogen-bond acceptors (Lipinski definition) is 4. The lowest BCUT2D eigenvalue weighted by Crippen LogP contribution is -2.59. The summed E-state index contributed by atoms with van der Waals surface area (Å²) >= 11 is 0. The van der Waals surface area contributed by atoms with Gasteiger partial charge in [0.15, 0.2) is 6.54 Å². The molecule has 0 aromatic heterocycles. The molecule has 2 amide bonds. The fraction of sp³-hybridized carbons (Fsp3) is 0.609. The van der Waals surface area contributed by atoms with Crippen molar-refractivity contribution in [3.63, 3.8) is 0 Å². The van der Waals surface area contributed by atoms with Gasteiger partial charge in [-0.1, -0.05) is 12.1 Å². The van der Waals surface area contributed by atoms with Crippen LogP contribution in [0.25, 0.3) is 0 Å². The van der Waals surface area contributed by atoms with E-state index in [1.54, 1.807) is 12.1 Å². The number of benzene rings is 1. The predicted molar refractivity (Wildman–Crippen MR) is 117 cm³/mol. The van der Waals surface area contributed by atoms with Crippen LogP contribution in [-0.2, 0) is 14.3 Å². The number of likely N-dealkylation sites (tertiary alicyclic amines) is 1. The number of para-hydroxylation sites is 1. The summed E-state index contributed by atoms with van der Waals surface area (Å²) in [6, 6.07) is 5.27. The Morgan fingerprint density at radius 1 is 1.20 bits per heavy atom. The van der Waals surface area contributed by atoms with Gasteiger partial charge in [-0.15, -0.1) is 0 Å². The highest BCUT2D eigenvalue weighted by Gasteiger charge is 2.39. The van der Waals surface area contributed by atoms with Gasteiger partial charge < -0.3 is 19.4 Å². The third-order valence-electron chi connectivity index (χ3n) is 6.31. The van der Waals surface area contributed by atoms with Crippen LogP contribution in [0.1, 0.15) is 49.5 Å². The van der Waals surface area contributed by atoms with Gasteiger partial charge in [0.1, 0.15) is 0 Å². The Kier molecular flexibility index (Phi) is 8.41. The van der Waals surface area contributed by atoms with E-state index < -0.39 is 5.97 Å². The Morgan fingerprint density at radius 3 is 2.50 bits per heavy atom. The van der Waals surface area contributed by atoms with Crippen molar-refractivity contribution in [3.05, 3.63) is 29.3 Å². The molecule has 1 aromatic carbocycles. The van der Waals surface area contributed by atoms with E-state index in [1.807, 2.05) is 31.7 Å². The van der Waals surface area contributed by atoms with Gasteiger partial charge >= 0.3 is 5.97 Å². The summed E-state index contributed by atoms with van der Waals surface area (Å²) in [5.41, 5.74) is 1.65. The first-order valence-corrected chi connectivity index (χ1v) is 10.9. The Balaban J connectivity index is 2.17. The fourth-order valence-corrected chi connectivity index (χ4v) is 4.46. The minimum Gasteiger partial charge on any atom is -0.465 e. The summed E-state index contributed by atoms with van der Waals surface area (Å²) < 4.78 is 5.44. The maximum Gasteiger partial charge on any atom is 0.339 e. The minimum atomic E-state index is -0.476. The van der Waals surface area contributed by atoms with Crippen LogP contribution >= 0.6 is 0 Å². The van der Waals surface area contributed by atoms with Crippen LogP contribution in [-0.4, -0.2) is 73.5 Å². The van der Waals surface area contributed by atoms with E-state index >= 15 is 0 Å². The van der Waals surface area contributed by atoms with Crippen molar-refractivity contribution < 1.29 is 23.6 Å². The molecule has 0 bridgehead atoms. The maximum absolute atomic E-state index is 13.0. The molecule has 0 saturated carbocycles. The van der Waals surface area contributed by atoms with Crippen molar-refractivity contribution in [2.75, 3.05) is 51.7 Å². The molecule has 166 valence electrons. The lowest BCUT2D eigenvalue weighted by molar-refractivity contribution is -0.925. The van der Waals surface area contributed by atoms with Crippen molar-refractivity contribution >= 4 is 23.5 Å². The Bertz CT molecular complexity index is 776. The Morgan fingerprint density at radius 2 is 1.90 bits per heavy atom. The number of piperidine rings is 1. The second-order valence-corrected chi connectivity index (χ2v) is 8.11. The number of aryl methyl sites for hydroxylation is 1. The average molecular weight is 419 g/mol. The number of likely N-dealkylation sites (N-methyl/N-ethyl adjacent to an activating group) is 1. The zero-order valence-corrected chi connectivity index (χ0v) is 19.0. The van der Waals surface area contributed by atoms with Crippen LogP contribution in [0.15, 0.2) is 18.2 Å². The van der Waals surface area contributed by atoms with Crippen LogP contribution in [0.4, 0.5) is 5.69 Å². The molecule has 0 spiro atoms. The number of methoxy groups -OCH3 is 1. The van der Waals surface area contributed by atoms with Crippen LogP contribution in [0.5, 0.6) is 0 Å². The summed E-state index contributed by atoms with van der Waals surface area (Å²) in [7, 11) is 1.33. The lowest BCUT2D eigenvalue weighted by atomic mass is 9.93. The molecule has 2 rings (SSSR count). The van der Waals surface area contributed by atoms with Crippen molar-refractivity contribution in [1.82, 2.24) is 4.90 Å². The standard InChI is InChI=1S/C23H35N3O4/c1-6-25(7-2)22(28)18-12-10-14-26(8-3,15-18)16-20(27)24-21-17(4)11-9-13-19(21)23(29)30-5/h9,11,13,18H,6-8,10,12,14-16H2,1-5H3/p+1. The number of hydrogen-bond donors (Lipinski definition) is 1. The van der Waals surface area contributed by atoms with Crippen molar-refractivity contribution in [1.29, 1.82) is 0 Å². The lowest BCUT2D eigenvalue weighted by Gasteiger charge is -2.43. The number of rotatable bonds is 8. The highest BCUT2D eigenvalue weighted by atomic mass is 16.5. The summed E-state index contributed by atoms with van der Waals surface area (Å²) in [5.74, 6) is -0.470. The second kappa shape index (κ2) is 10.6. The molecule has 0 aliphatic carbocycles. The number of nitrogens with one attached hydrogen (secondary N) is 1. The van der Waals surface area contributed by atoms with Crippen LogP contribution < -0.4 is 5.32 Å². The first-order chi connectivity index (χ1) is 14.3. The topological polar surface area (TPSA) is 75.7 Å². The van der Waals surface area contributed by atoms with Gasteiger partial charge in [-0.2, -0.15) is 0 Å². The molecule has 30 heavy (non-hydrogen) atoms. The van der Waals surface area contributed by atoms with Gasteiger partial charge in [0.25, 0.3) is 5.91 Å². The van der Waals surface area contributed by atoms with E-state index in [1.165, 1.54) is 7.11 Å². The highest BCUT2D eigenvalue weighted by molar-refractivity contribution is 6.02. The molecule has 1 aliphatic heterocycles. The predicted octanol–water partition coefficient (Wildman–Crippen LogP) is 2.84. The van der Waals surface area contributed by atoms with Crippen LogP contribution in [0.3, 0.4) is 0 Å².